The third-order valence-electron chi connectivity index (χ3n) is 3.80. The second-order valence-electron chi connectivity index (χ2n) is 5.57. The zero-order valence-corrected chi connectivity index (χ0v) is 13.4. The molecule has 0 saturated heterocycles. The number of alkyl halides is 2. The van der Waals surface area contributed by atoms with Gasteiger partial charge in [-0.2, -0.15) is 8.78 Å². The lowest BCUT2D eigenvalue weighted by Crippen LogP contribution is -2.46. The van der Waals surface area contributed by atoms with Gasteiger partial charge in [-0.3, -0.25) is 19.3 Å². The van der Waals surface area contributed by atoms with Crippen LogP contribution in [-0.4, -0.2) is 35.8 Å². The average Bonchev–Trinajstić information content (AvgIpc) is 2.60. The molecule has 0 aromatic heterocycles. The molecule has 1 aliphatic heterocycles. The van der Waals surface area contributed by atoms with Crippen molar-refractivity contribution in [3.8, 4) is 5.75 Å². The Balaban J connectivity index is 1.65. The maximum Gasteiger partial charge on any atom is 0.387 e. The fourth-order valence-corrected chi connectivity index (χ4v) is 2.62. The van der Waals surface area contributed by atoms with Crippen LogP contribution >= 0.6 is 0 Å². The molecule has 1 N–H and O–H groups in total. The van der Waals surface area contributed by atoms with Crippen LogP contribution in [0.25, 0.3) is 0 Å². The zero-order chi connectivity index (χ0) is 18.7. The molecular formula is C18H14F2N2O4. The van der Waals surface area contributed by atoms with E-state index in [4.69, 9.17) is 0 Å². The number of nitrogens with one attached hydrogen (secondary N) is 1. The number of carbonyl (C=O) groups excluding carboxylic acids is 3. The van der Waals surface area contributed by atoms with Gasteiger partial charge in [0.15, 0.2) is 0 Å². The summed E-state index contributed by atoms with van der Waals surface area (Å²) in [6.45, 7) is -3.36. The molecule has 1 heterocycles. The molecule has 0 unspecified atom stereocenters. The van der Waals surface area contributed by atoms with Crippen LogP contribution in [0.4, 0.5) is 14.5 Å². The van der Waals surface area contributed by atoms with Crippen LogP contribution in [0, 0.1) is 0 Å². The predicted molar refractivity (Wildman–Crippen MR) is 87.9 cm³/mol. The molecule has 0 spiro atoms. The minimum Gasteiger partial charge on any atom is -0.435 e. The van der Waals surface area contributed by atoms with Crippen LogP contribution in [0.5, 0.6) is 5.75 Å². The van der Waals surface area contributed by atoms with Gasteiger partial charge >= 0.3 is 6.61 Å². The van der Waals surface area contributed by atoms with Gasteiger partial charge in [-0.05, 0) is 35.9 Å². The van der Waals surface area contributed by atoms with Crippen molar-refractivity contribution in [3.63, 3.8) is 0 Å². The van der Waals surface area contributed by atoms with Gasteiger partial charge in [0.2, 0.25) is 11.8 Å². The SMILES string of the molecule is O=C(CN1C(=O)Cc2ccccc2C1=O)Nc1ccc(OC(F)F)cc1. The molecular weight excluding hydrogens is 346 g/mol. The van der Waals surface area contributed by atoms with Crippen molar-refractivity contribution in [2.45, 2.75) is 13.0 Å². The molecule has 0 radical (unpaired) electrons. The number of carbonyl (C=O) groups is 3. The Morgan fingerprint density at radius 1 is 1.12 bits per heavy atom. The summed E-state index contributed by atoms with van der Waals surface area (Å²) in [6, 6.07) is 12.0. The highest BCUT2D eigenvalue weighted by molar-refractivity contribution is 6.12. The van der Waals surface area contributed by atoms with E-state index in [1.165, 1.54) is 24.3 Å². The average molecular weight is 360 g/mol. The second kappa shape index (κ2) is 7.30. The van der Waals surface area contributed by atoms with E-state index in [0.717, 1.165) is 4.90 Å². The number of halogens is 2. The first kappa shape index (κ1) is 17.5. The number of anilines is 1. The van der Waals surface area contributed by atoms with Gasteiger partial charge in [0, 0.05) is 11.3 Å². The topological polar surface area (TPSA) is 75.7 Å². The Hall–Kier alpha value is -3.29. The zero-order valence-electron chi connectivity index (χ0n) is 13.4. The molecule has 2 aromatic carbocycles. The summed E-state index contributed by atoms with van der Waals surface area (Å²) in [4.78, 5) is 37.6. The number of hydrogen-bond donors (Lipinski definition) is 1. The maximum absolute atomic E-state index is 12.4. The van der Waals surface area contributed by atoms with Gasteiger partial charge in [0.25, 0.3) is 5.91 Å². The largest absolute Gasteiger partial charge is 0.435 e. The Labute approximate surface area is 147 Å². The number of imide groups is 1. The molecule has 0 aliphatic carbocycles. The summed E-state index contributed by atoms with van der Waals surface area (Å²) in [5.74, 6) is -1.60. The molecule has 1 aliphatic rings. The lowest BCUT2D eigenvalue weighted by Gasteiger charge is -2.26. The quantitative estimate of drug-likeness (QED) is 0.831. The summed E-state index contributed by atoms with van der Waals surface area (Å²) in [7, 11) is 0. The Bertz CT molecular complexity index is 853. The second-order valence-corrected chi connectivity index (χ2v) is 5.57. The molecule has 3 rings (SSSR count). The van der Waals surface area contributed by atoms with Crippen LogP contribution < -0.4 is 10.1 Å². The van der Waals surface area contributed by atoms with Crippen LogP contribution in [0.1, 0.15) is 15.9 Å². The maximum atomic E-state index is 12.4. The van der Waals surface area contributed by atoms with Crippen LogP contribution in [-0.2, 0) is 16.0 Å². The van der Waals surface area contributed by atoms with Crippen LogP contribution in [0.3, 0.4) is 0 Å². The summed E-state index contributed by atoms with van der Waals surface area (Å²) < 4.78 is 28.4. The highest BCUT2D eigenvalue weighted by Crippen LogP contribution is 2.20. The molecule has 0 atom stereocenters. The van der Waals surface area contributed by atoms with Crippen molar-refractivity contribution in [3.05, 3.63) is 59.7 Å². The molecule has 6 nitrogen and oxygen atoms in total. The molecule has 2 aromatic rings. The van der Waals surface area contributed by atoms with Crippen LogP contribution in [0.15, 0.2) is 48.5 Å². The normalized spacial score (nSPS) is 13.6. The Morgan fingerprint density at radius 2 is 1.81 bits per heavy atom. The minimum absolute atomic E-state index is 0.0454. The molecule has 134 valence electrons. The molecule has 0 bridgehead atoms. The fraction of sp³-hybridized carbons (Fsp3) is 0.167. The molecule has 3 amide bonds. The predicted octanol–water partition coefficient (Wildman–Crippen LogP) is 2.45. The molecule has 8 heteroatoms. The monoisotopic (exact) mass is 360 g/mol. The van der Waals surface area contributed by atoms with Crippen molar-refractivity contribution in [1.82, 2.24) is 4.90 Å². The molecule has 26 heavy (non-hydrogen) atoms. The number of ether oxygens (including phenoxy) is 1. The number of fused-ring (bicyclic) bond motifs is 1. The standard InChI is InChI=1S/C18H14F2N2O4/c19-18(20)26-13-7-5-12(6-8-13)21-15(23)10-22-16(24)9-11-3-1-2-4-14(11)17(22)25/h1-8,18H,9-10H2,(H,21,23). The number of benzene rings is 2. The van der Waals surface area contributed by atoms with E-state index < -0.39 is 30.9 Å². The third-order valence-corrected chi connectivity index (χ3v) is 3.80. The number of rotatable bonds is 5. The fourth-order valence-electron chi connectivity index (χ4n) is 2.62. The summed E-state index contributed by atoms with van der Waals surface area (Å²) >= 11 is 0. The minimum atomic E-state index is -2.94. The van der Waals surface area contributed by atoms with Gasteiger partial charge in [-0.1, -0.05) is 18.2 Å². The van der Waals surface area contributed by atoms with Crippen molar-refractivity contribution in [1.29, 1.82) is 0 Å². The first-order chi connectivity index (χ1) is 12.4. The smallest absolute Gasteiger partial charge is 0.387 e. The van der Waals surface area contributed by atoms with Gasteiger partial charge in [0.05, 0.1) is 6.42 Å². The van der Waals surface area contributed by atoms with Crippen molar-refractivity contribution in [2.75, 3.05) is 11.9 Å². The van der Waals surface area contributed by atoms with E-state index >= 15 is 0 Å². The van der Waals surface area contributed by atoms with E-state index in [0.29, 0.717) is 16.8 Å². The lowest BCUT2D eigenvalue weighted by atomic mass is 9.98. The lowest BCUT2D eigenvalue weighted by molar-refractivity contribution is -0.131. The number of nitrogens with zero attached hydrogens (tertiary/aromatic N) is 1. The van der Waals surface area contributed by atoms with Gasteiger partial charge < -0.3 is 10.1 Å². The van der Waals surface area contributed by atoms with Gasteiger partial charge in [-0.25, -0.2) is 0 Å². The van der Waals surface area contributed by atoms with Crippen molar-refractivity contribution < 1.29 is 27.9 Å². The van der Waals surface area contributed by atoms with Crippen LogP contribution in [0.2, 0.25) is 0 Å². The Morgan fingerprint density at radius 3 is 2.50 bits per heavy atom. The Kier molecular flexibility index (Phi) is 4.92. The summed E-state index contributed by atoms with van der Waals surface area (Å²) in [5.41, 5.74) is 1.36. The van der Waals surface area contributed by atoms with E-state index in [2.05, 4.69) is 10.1 Å². The first-order valence-corrected chi connectivity index (χ1v) is 7.71. The third kappa shape index (κ3) is 3.85. The van der Waals surface area contributed by atoms with Gasteiger partial charge in [0.1, 0.15) is 12.3 Å². The number of amides is 3. The first-order valence-electron chi connectivity index (χ1n) is 7.71. The highest BCUT2D eigenvalue weighted by atomic mass is 19.3. The van der Waals surface area contributed by atoms with Crippen molar-refractivity contribution >= 4 is 23.4 Å². The summed E-state index contributed by atoms with van der Waals surface area (Å²) in [5, 5.41) is 2.51. The molecule has 0 saturated carbocycles. The van der Waals surface area contributed by atoms with E-state index in [-0.39, 0.29) is 12.2 Å². The molecule has 0 fully saturated rings. The summed E-state index contributed by atoms with van der Waals surface area (Å²) in [6.07, 6.45) is 0.0505. The van der Waals surface area contributed by atoms with Crippen molar-refractivity contribution in [2.24, 2.45) is 0 Å². The van der Waals surface area contributed by atoms with E-state index in [9.17, 15) is 23.2 Å². The number of hydrogen-bond acceptors (Lipinski definition) is 4. The van der Waals surface area contributed by atoms with E-state index in [1.54, 1.807) is 24.3 Å². The van der Waals surface area contributed by atoms with E-state index in [1.807, 2.05) is 0 Å². The highest BCUT2D eigenvalue weighted by Gasteiger charge is 2.31. The van der Waals surface area contributed by atoms with Gasteiger partial charge in [-0.15, -0.1) is 0 Å².